The van der Waals surface area contributed by atoms with Crippen molar-refractivity contribution in [1.82, 2.24) is 10.6 Å². The summed E-state index contributed by atoms with van der Waals surface area (Å²) in [6.07, 6.45) is 0.143. The Labute approximate surface area is 130 Å². The molecule has 6 heteroatoms. The van der Waals surface area contributed by atoms with Crippen molar-refractivity contribution in [3.63, 3.8) is 0 Å². The fourth-order valence-electron chi connectivity index (χ4n) is 1.97. The Morgan fingerprint density at radius 3 is 2.59 bits per heavy atom. The number of ether oxygens (including phenoxy) is 1. The predicted molar refractivity (Wildman–Crippen MR) is 83.4 cm³/mol. The number of para-hydroxylation sites is 1. The van der Waals surface area contributed by atoms with E-state index >= 15 is 0 Å². The maximum absolute atomic E-state index is 13.4. The molecule has 5 nitrogen and oxygen atoms in total. The Kier molecular flexibility index (Phi) is 7.66. The van der Waals surface area contributed by atoms with Crippen LogP contribution in [0, 0.1) is 11.7 Å². The van der Waals surface area contributed by atoms with Gasteiger partial charge in [-0.1, -0.05) is 26.0 Å². The van der Waals surface area contributed by atoms with Crippen LogP contribution in [0.4, 0.5) is 9.18 Å². The number of rotatable bonds is 8. The van der Waals surface area contributed by atoms with Crippen LogP contribution in [0.25, 0.3) is 0 Å². The SMILES string of the molecule is CC(CNC(=O)NC(CCO)C(C)C)Oc1ccccc1F. The molecule has 2 unspecified atom stereocenters. The number of amides is 2. The molecule has 0 fully saturated rings. The topological polar surface area (TPSA) is 70.6 Å². The molecule has 2 amide bonds. The number of halogens is 1. The summed E-state index contributed by atoms with van der Waals surface area (Å²) in [6, 6.07) is 5.73. The van der Waals surface area contributed by atoms with Gasteiger partial charge in [-0.2, -0.15) is 0 Å². The van der Waals surface area contributed by atoms with Gasteiger partial charge in [-0.15, -0.1) is 0 Å². The molecule has 0 radical (unpaired) electrons. The molecule has 1 aromatic carbocycles. The fraction of sp³-hybridized carbons (Fsp3) is 0.562. The minimum atomic E-state index is -0.429. The van der Waals surface area contributed by atoms with Gasteiger partial charge in [-0.05, 0) is 31.4 Å². The van der Waals surface area contributed by atoms with Gasteiger partial charge in [0.1, 0.15) is 6.10 Å². The average molecular weight is 312 g/mol. The zero-order valence-electron chi connectivity index (χ0n) is 13.3. The lowest BCUT2D eigenvalue weighted by Gasteiger charge is -2.22. The third-order valence-electron chi connectivity index (χ3n) is 3.28. The maximum atomic E-state index is 13.4. The number of hydrogen-bond acceptors (Lipinski definition) is 3. The molecule has 0 spiro atoms. The first-order valence-corrected chi connectivity index (χ1v) is 7.50. The van der Waals surface area contributed by atoms with Gasteiger partial charge >= 0.3 is 6.03 Å². The van der Waals surface area contributed by atoms with Gasteiger partial charge in [-0.25, -0.2) is 9.18 Å². The molecule has 3 N–H and O–H groups in total. The standard InChI is InChI=1S/C16H25FN2O3/c1-11(2)14(8-9-20)19-16(21)18-10-12(3)22-15-7-5-4-6-13(15)17/h4-7,11-12,14,20H,8-10H2,1-3H3,(H2,18,19,21). The molecule has 0 saturated heterocycles. The predicted octanol–water partition coefficient (Wildman–Crippen LogP) is 2.30. The lowest BCUT2D eigenvalue weighted by atomic mass is 10.0. The van der Waals surface area contributed by atoms with E-state index < -0.39 is 5.82 Å². The van der Waals surface area contributed by atoms with E-state index in [9.17, 15) is 9.18 Å². The van der Waals surface area contributed by atoms with Crippen LogP contribution < -0.4 is 15.4 Å². The number of benzene rings is 1. The highest BCUT2D eigenvalue weighted by Crippen LogP contribution is 2.16. The summed E-state index contributed by atoms with van der Waals surface area (Å²) in [4.78, 5) is 11.8. The third kappa shape index (κ3) is 6.30. The quantitative estimate of drug-likeness (QED) is 0.690. The van der Waals surface area contributed by atoms with Crippen LogP contribution in [0.2, 0.25) is 0 Å². The summed E-state index contributed by atoms with van der Waals surface area (Å²) in [5.74, 6) is -0.0378. The third-order valence-corrected chi connectivity index (χ3v) is 3.28. The molecule has 0 aliphatic carbocycles. The first-order chi connectivity index (χ1) is 10.4. The van der Waals surface area contributed by atoms with Gasteiger partial charge in [0.05, 0.1) is 6.54 Å². The summed E-state index contributed by atoms with van der Waals surface area (Å²) >= 11 is 0. The highest BCUT2D eigenvalue weighted by atomic mass is 19.1. The fourth-order valence-corrected chi connectivity index (χ4v) is 1.97. The molecular formula is C16H25FN2O3. The highest BCUT2D eigenvalue weighted by Gasteiger charge is 2.16. The Morgan fingerprint density at radius 2 is 2.00 bits per heavy atom. The molecule has 0 heterocycles. The minimum absolute atomic E-state index is 0.0237. The molecule has 1 rings (SSSR count). The van der Waals surface area contributed by atoms with Crippen molar-refractivity contribution in [2.24, 2.45) is 5.92 Å². The Hall–Kier alpha value is -1.82. The molecule has 0 bridgehead atoms. The van der Waals surface area contributed by atoms with Crippen LogP contribution in [0.1, 0.15) is 27.2 Å². The van der Waals surface area contributed by atoms with E-state index in [-0.39, 0.29) is 43.0 Å². The lowest BCUT2D eigenvalue weighted by molar-refractivity contribution is 0.195. The summed E-state index contributed by atoms with van der Waals surface area (Å²) < 4.78 is 18.9. The summed E-state index contributed by atoms with van der Waals surface area (Å²) in [5, 5.41) is 14.5. The van der Waals surface area contributed by atoms with Crippen LogP contribution in [0.15, 0.2) is 24.3 Å². The van der Waals surface area contributed by atoms with Gasteiger partial charge in [0, 0.05) is 12.6 Å². The second-order valence-electron chi connectivity index (χ2n) is 5.58. The van der Waals surface area contributed by atoms with Crippen molar-refractivity contribution < 1.29 is 19.0 Å². The zero-order valence-corrected chi connectivity index (χ0v) is 13.3. The van der Waals surface area contributed by atoms with Crippen molar-refractivity contribution >= 4 is 6.03 Å². The van der Waals surface area contributed by atoms with Crippen LogP contribution in [-0.4, -0.2) is 36.4 Å². The van der Waals surface area contributed by atoms with Crippen molar-refractivity contribution in [2.75, 3.05) is 13.2 Å². The smallest absolute Gasteiger partial charge is 0.315 e. The van der Waals surface area contributed by atoms with Gasteiger partial charge in [0.2, 0.25) is 0 Å². The molecule has 0 aliphatic heterocycles. The molecule has 0 aromatic heterocycles. The molecule has 0 saturated carbocycles. The number of urea groups is 1. The van der Waals surface area contributed by atoms with E-state index in [4.69, 9.17) is 9.84 Å². The number of carbonyl (C=O) groups is 1. The normalized spacial score (nSPS) is 13.5. The average Bonchev–Trinajstić information content (AvgIpc) is 2.47. The molecule has 124 valence electrons. The van der Waals surface area contributed by atoms with E-state index in [0.29, 0.717) is 6.42 Å². The van der Waals surface area contributed by atoms with Gasteiger partial charge in [0.25, 0.3) is 0 Å². The summed E-state index contributed by atoms with van der Waals surface area (Å²) in [7, 11) is 0. The van der Waals surface area contributed by atoms with E-state index in [1.807, 2.05) is 13.8 Å². The number of carbonyl (C=O) groups excluding carboxylic acids is 1. The van der Waals surface area contributed by atoms with Crippen LogP contribution in [0.5, 0.6) is 5.75 Å². The number of aliphatic hydroxyl groups is 1. The van der Waals surface area contributed by atoms with Crippen LogP contribution in [0.3, 0.4) is 0 Å². The molecule has 22 heavy (non-hydrogen) atoms. The molecular weight excluding hydrogens is 287 g/mol. The summed E-state index contributed by atoms with van der Waals surface area (Å²) in [5.41, 5.74) is 0. The Morgan fingerprint density at radius 1 is 1.32 bits per heavy atom. The van der Waals surface area contributed by atoms with E-state index in [1.165, 1.54) is 6.07 Å². The Balaban J connectivity index is 2.38. The van der Waals surface area contributed by atoms with Crippen molar-refractivity contribution in [1.29, 1.82) is 0 Å². The molecule has 1 aromatic rings. The van der Waals surface area contributed by atoms with E-state index in [1.54, 1.807) is 25.1 Å². The lowest BCUT2D eigenvalue weighted by Crippen LogP contribution is -2.47. The largest absolute Gasteiger partial charge is 0.486 e. The van der Waals surface area contributed by atoms with Crippen molar-refractivity contribution in [3.8, 4) is 5.75 Å². The van der Waals surface area contributed by atoms with Crippen molar-refractivity contribution in [3.05, 3.63) is 30.1 Å². The first-order valence-electron chi connectivity index (χ1n) is 7.50. The highest BCUT2D eigenvalue weighted by molar-refractivity contribution is 5.74. The molecule has 2 atom stereocenters. The number of aliphatic hydroxyl groups excluding tert-OH is 1. The van der Waals surface area contributed by atoms with E-state index in [2.05, 4.69) is 10.6 Å². The van der Waals surface area contributed by atoms with Crippen molar-refractivity contribution in [2.45, 2.75) is 39.3 Å². The zero-order chi connectivity index (χ0) is 16.5. The van der Waals surface area contributed by atoms with Gasteiger partial charge in [-0.3, -0.25) is 0 Å². The van der Waals surface area contributed by atoms with Gasteiger partial charge < -0.3 is 20.5 Å². The first kappa shape index (κ1) is 18.2. The number of nitrogens with one attached hydrogen (secondary N) is 2. The van der Waals surface area contributed by atoms with E-state index in [0.717, 1.165) is 0 Å². The van der Waals surface area contributed by atoms with Gasteiger partial charge in [0.15, 0.2) is 11.6 Å². The summed E-state index contributed by atoms with van der Waals surface area (Å²) in [6.45, 7) is 5.98. The minimum Gasteiger partial charge on any atom is -0.486 e. The Bertz CT molecular complexity index is 468. The van der Waals surface area contributed by atoms with Crippen LogP contribution >= 0.6 is 0 Å². The monoisotopic (exact) mass is 312 g/mol. The second-order valence-corrected chi connectivity index (χ2v) is 5.58. The second kappa shape index (κ2) is 9.25. The molecule has 0 aliphatic rings. The van der Waals surface area contributed by atoms with Crippen LogP contribution in [-0.2, 0) is 0 Å². The number of hydrogen-bond donors (Lipinski definition) is 3. The maximum Gasteiger partial charge on any atom is 0.315 e.